The molecule has 0 saturated carbocycles. The number of aliphatic hydroxyl groups excluding tert-OH is 1. The SMILES string of the molecule is Cc1ccccc1C(CO)Cc1cccc(Br)c1. The highest BCUT2D eigenvalue weighted by Gasteiger charge is 2.13. The van der Waals surface area contributed by atoms with Gasteiger partial charge in [0.2, 0.25) is 0 Å². The Morgan fingerprint density at radius 2 is 1.89 bits per heavy atom. The molecule has 0 aliphatic carbocycles. The van der Waals surface area contributed by atoms with Crippen molar-refractivity contribution in [2.24, 2.45) is 0 Å². The molecule has 18 heavy (non-hydrogen) atoms. The quantitative estimate of drug-likeness (QED) is 0.902. The summed E-state index contributed by atoms with van der Waals surface area (Å²) in [5.74, 6) is 0.167. The van der Waals surface area contributed by atoms with E-state index in [1.807, 2.05) is 24.3 Å². The second kappa shape index (κ2) is 6.17. The molecule has 0 spiro atoms. The first-order valence-electron chi connectivity index (χ1n) is 6.11. The molecule has 0 aliphatic heterocycles. The van der Waals surface area contributed by atoms with E-state index < -0.39 is 0 Å². The summed E-state index contributed by atoms with van der Waals surface area (Å²) < 4.78 is 1.08. The standard InChI is InChI=1S/C16H17BrO/c1-12-5-2-3-8-16(12)14(11-18)9-13-6-4-7-15(17)10-13/h2-8,10,14,18H,9,11H2,1H3. The van der Waals surface area contributed by atoms with Gasteiger partial charge in [-0.05, 0) is 42.2 Å². The zero-order valence-electron chi connectivity index (χ0n) is 10.4. The lowest BCUT2D eigenvalue weighted by atomic mass is 9.90. The number of hydrogen-bond donors (Lipinski definition) is 1. The van der Waals surface area contributed by atoms with Crippen LogP contribution in [-0.4, -0.2) is 11.7 Å². The molecule has 0 saturated heterocycles. The minimum absolute atomic E-state index is 0.167. The highest BCUT2D eigenvalue weighted by Crippen LogP contribution is 2.24. The molecule has 2 heteroatoms. The summed E-state index contributed by atoms with van der Waals surface area (Å²) >= 11 is 3.48. The minimum atomic E-state index is 0.167. The lowest BCUT2D eigenvalue weighted by Gasteiger charge is -2.17. The van der Waals surface area contributed by atoms with Gasteiger partial charge < -0.3 is 5.11 Å². The number of halogens is 1. The minimum Gasteiger partial charge on any atom is -0.396 e. The number of rotatable bonds is 4. The summed E-state index contributed by atoms with van der Waals surface area (Å²) in [5, 5.41) is 9.62. The summed E-state index contributed by atoms with van der Waals surface area (Å²) in [6.45, 7) is 2.27. The van der Waals surface area contributed by atoms with Crippen LogP contribution in [0.4, 0.5) is 0 Å². The van der Waals surface area contributed by atoms with Crippen LogP contribution in [0, 0.1) is 6.92 Å². The molecule has 0 radical (unpaired) electrons. The van der Waals surface area contributed by atoms with Gasteiger partial charge >= 0.3 is 0 Å². The molecule has 0 aliphatic rings. The van der Waals surface area contributed by atoms with Crippen molar-refractivity contribution < 1.29 is 5.11 Å². The summed E-state index contributed by atoms with van der Waals surface area (Å²) in [6, 6.07) is 16.5. The van der Waals surface area contributed by atoms with Crippen molar-refractivity contribution in [3.05, 3.63) is 69.7 Å². The zero-order chi connectivity index (χ0) is 13.0. The van der Waals surface area contributed by atoms with Crippen LogP contribution in [0.5, 0.6) is 0 Å². The van der Waals surface area contributed by atoms with E-state index in [1.165, 1.54) is 16.7 Å². The Morgan fingerprint density at radius 3 is 2.56 bits per heavy atom. The fourth-order valence-corrected chi connectivity index (χ4v) is 2.71. The van der Waals surface area contributed by atoms with Gasteiger partial charge in [0.05, 0.1) is 6.61 Å². The lowest BCUT2D eigenvalue weighted by Crippen LogP contribution is -2.09. The van der Waals surface area contributed by atoms with Crippen LogP contribution in [-0.2, 0) is 6.42 Å². The van der Waals surface area contributed by atoms with E-state index in [2.05, 4.69) is 47.1 Å². The van der Waals surface area contributed by atoms with Crippen molar-refractivity contribution in [2.75, 3.05) is 6.61 Å². The van der Waals surface area contributed by atoms with Gasteiger partial charge in [0, 0.05) is 10.4 Å². The van der Waals surface area contributed by atoms with Crippen molar-refractivity contribution >= 4 is 15.9 Å². The Hall–Kier alpha value is -1.12. The predicted molar refractivity (Wildman–Crippen MR) is 78.9 cm³/mol. The van der Waals surface area contributed by atoms with Gasteiger partial charge in [-0.3, -0.25) is 0 Å². The maximum absolute atomic E-state index is 9.62. The highest BCUT2D eigenvalue weighted by atomic mass is 79.9. The molecular weight excluding hydrogens is 288 g/mol. The van der Waals surface area contributed by atoms with Crippen molar-refractivity contribution in [3.8, 4) is 0 Å². The van der Waals surface area contributed by atoms with E-state index in [0.29, 0.717) is 0 Å². The molecular formula is C16H17BrO. The third-order valence-corrected chi connectivity index (χ3v) is 3.71. The summed E-state index contributed by atoms with van der Waals surface area (Å²) in [4.78, 5) is 0. The average molecular weight is 305 g/mol. The molecule has 1 unspecified atom stereocenters. The first-order valence-corrected chi connectivity index (χ1v) is 6.91. The maximum Gasteiger partial charge on any atom is 0.0503 e. The first kappa shape index (κ1) is 13.3. The molecule has 2 aromatic rings. The zero-order valence-corrected chi connectivity index (χ0v) is 12.0. The largest absolute Gasteiger partial charge is 0.396 e. The third-order valence-electron chi connectivity index (χ3n) is 3.22. The lowest BCUT2D eigenvalue weighted by molar-refractivity contribution is 0.264. The van der Waals surface area contributed by atoms with Crippen LogP contribution in [0.25, 0.3) is 0 Å². The Balaban J connectivity index is 2.23. The van der Waals surface area contributed by atoms with Gasteiger partial charge in [0.25, 0.3) is 0 Å². The summed E-state index contributed by atoms with van der Waals surface area (Å²) in [6.07, 6.45) is 0.862. The molecule has 0 amide bonds. The van der Waals surface area contributed by atoms with E-state index in [4.69, 9.17) is 0 Å². The van der Waals surface area contributed by atoms with Gasteiger partial charge in [0.1, 0.15) is 0 Å². The monoisotopic (exact) mass is 304 g/mol. The smallest absolute Gasteiger partial charge is 0.0503 e. The maximum atomic E-state index is 9.62. The van der Waals surface area contributed by atoms with E-state index in [-0.39, 0.29) is 12.5 Å². The fraction of sp³-hybridized carbons (Fsp3) is 0.250. The Morgan fingerprint density at radius 1 is 1.11 bits per heavy atom. The van der Waals surface area contributed by atoms with E-state index in [1.54, 1.807) is 0 Å². The van der Waals surface area contributed by atoms with Crippen molar-refractivity contribution in [1.82, 2.24) is 0 Å². The molecule has 1 atom stereocenters. The molecule has 0 bridgehead atoms. The summed E-state index contributed by atoms with van der Waals surface area (Å²) in [7, 11) is 0. The van der Waals surface area contributed by atoms with E-state index in [0.717, 1.165) is 10.9 Å². The molecule has 94 valence electrons. The summed E-state index contributed by atoms with van der Waals surface area (Å²) in [5.41, 5.74) is 3.72. The van der Waals surface area contributed by atoms with Crippen LogP contribution in [0.1, 0.15) is 22.6 Å². The van der Waals surface area contributed by atoms with Gasteiger partial charge in [-0.25, -0.2) is 0 Å². The number of benzene rings is 2. The Kier molecular flexibility index (Phi) is 4.56. The Bertz CT molecular complexity index is 522. The van der Waals surface area contributed by atoms with Crippen molar-refractivity contribution in [2.45, 2.75) is 19.3 Å². The second-order valence-electron chi connectivity index (χ2n) is 4.57. The van der Waals surface area contributed by atoms with Crippen molar-refractivity contribution in [1.29, 1.82) is 0 Å². The van der Waals surface area contributed by atoms with Crippen LogP contribution in [0.15, 0.2) is 53.0 Å². The van der Waals surface area contributed by atoms with Gasteiger partial charge in [-0.2, -0.15) is 0 Å². The molecule has 1 N–H and O–H groups in total. The van der Waals surface area contributed by atoms with Gasteiger partial charge in [-0.1, -0.05) is 52.3 Å². The fourth-order valence-electron chi connectivity index (χ4n) is 2.27. The molecule has 1 nitrogen and oxygen atoms in total. The third kappa shape index (κ3) is 3.21. The molecule has 2 aromatic carbocycles. The van der Waals surface area contributed by atoms with Crippen LogP contribution < -0.4 is 0 Å². The molecule has 2 rings (SSSR count). The van der Waals surface area contributed by atoms with Crippen LogP contribution in [0.3, 0.4) is 0 Å². The van der Waals surface area contributed by atoms with Crippen LogP contribution in [0.2, 0.25) is 0 Å². The number of aliphatic hydroxyl groups is 1. The van der Waals surface area contributed by atoms with E-state index >= 15 is 0 Å². The first-order chi connectivity index (χ1) is 8.70. The Labute approximate surface area is 117 Å². The van der Waals surface area contributed by atoms with E-state index in [9.17, 15) is 5.11 Å². The second-order valence-corrected chi connectivity index (χ2v) is 5.49. The number of hydrogen-bond acceptors (Lipinski definition) is 1. The van der Waals surface area contributed by atoms with Gasteiger partial charge in [-0.15, -0.1) is 0 Å². The molecule has 0 fully saturated rings. The molecule has 0 heterocycles. The predicted octanol–water partition coefficient (Wildman–Crippen LogP) is 4.08. The topological polar surface area (TPSA) is 20.2 Å². The normalized spacial score (nSPS) is 12.4. The van der Waals surface area contributed by atoms with Crippen LogP contribution >= 0.6 is 15.9 Å². The number of aryl methyl sites for hydroxylation is 1. The van der Waals surface area contributed by atoms with Gasteiger partial charge in [0.15, 0.2) is 0 Å². The highest BCUT2D eigenvalue weighted by molar-refractivity contribution is 9.10. The molecule has 0 aromatic heterocycles. The van der Waals surface area contributed by atoms with Crippen molar-refractivity contribution in [3.63, 3.8) is 0 Å². The average Bonchev–Trinajstić information content (AvgIpc) is 2.37.